The number of aromatic hydroxyl groups is 1. The molecule has 0 radical (unpaired) electrons. The molecule has 6 nitrogen and oxygen atoms in total. The third-order valence-electron chi connectivity index (χ3n) is 4.79. The number of nitrogens with zero attached hydrogens (tertiary/aromatic N) is 3. The van der Waals surface area contributed by atoms with Crippen molar-refractivity contribution in [2.45, 2.75) is 44.0 Å². The number of benzene rings is 2. The number of phenols is 1. The molecular formula is C22H23BrN4O2S. The third kappa shape index (κ3) is 4.87. The normalized spacial score (nSPS) is 14.8. The van der Waals surface area contributed by atoms with Gasteiger partial charge in [-0.25, -0.2) is 0 Å². The van der Waals surface area contributed by atoms with Crippen molar-refractivity contribution >= 4 is 33.4 Å². The van der Waals surface area contributed by atoms with Gasteiger partial charge in [-0.2, -0.15) is 4.98 Å². The van der Waals surface area contributed by atoms with Crippen LogP contribution in [0.5, 0.6) is 11.6 Å². The van der Waals surface area contributed by atoms with E-state index in [4.69, 9.17) is 4.74 Å². The van der Waals surface area contributed by atoms with Crippen LogP contribution in [0, 0.1) is 0 Å². The summed E-state index contributed by atoms with van der Waals surface area (Å²) in [6, 6.07) is 12.9. The lowest BCUT2D eigenvalue weighted by Gasteiger charge is -2.19. The molecule has 3 aromatic rings. The van der Waals surface area contributed by atoms with Gasteiger partial charge in [-0.3, -0.25) is 0 Å². The molecule has 1 aliphatic heterocycles. The molecule has 0 fully saturated rings. The van der Waals surface area contributed by atoms with Gasteiger partial charge in [0, 0.05) is 27.0 Å². The molecule has 2 heterocycles. The Bertz CT molecular complexity index is 1030. The number of anilines is 1. The van der Waals surface area contributed by atoms with E-state index >= 15 is 0 Å². The van der Waals surface area contributed by atoms with E-state index in [0.29, 0.717) is 16.7 Å². The highest BCUT2D eigenvalue weighted by molar-refractivity contribution is 9.10. The summed E-state index contributed by atoms with van der Waals surface area (Å²) in [5.74, 6) is 1.57. The van der Waals surface area contributed by atoms with Crippen LogP contribution in [0.4, 0.5) is 5.69 Å². The quantitative estimate of drug-likeness (QED) is 0.304. The molecule has 0 saturated carbocycles. The van der Waals surface area contributed by atoms with E-state index in [1.54, 1.807) is 30.0 Å². The van der Waals surface area contributed by atoms with E-state index in [0.717, 1.165) is 33.5 Å². The minimum Gasteiger partial charge on any atom is -0.508 e. The summed E-state index contributed by atoms with van der Waals surface area (Å²) >= 11 is 5.13. The summed E-state index contributed by atoms with van der Waals surface area (Å²) in [4.78, 5) is 4.67. The Balaban J connectivity index is 1.66. The Morgan fingerprint density at radius 2 is 2.03 bits per heavy atom. The largest absolute Gasteiger partial charge is 0.508 e. The Morgan fingerprint density at radius 1 is 1.13 bits per heavy atom. The molecule has 0 bridgehead atoms. The van der Waals surface area contributed by atoms with Crippen molar-refractivity contribution in [3.05, 3.63) is 52.5 Å². The standard InChI is InChI=1S/C22H23BrN4O2S/c1-2-3-4-5-11-30-22-25-21-19(26-27-22)17-13-15(23)9-10-18(17)24-20(29-21)14-7-6-8-16(28)12-14/h6-10,12-13,20,24,28H,2-5,11H2,1H3/t20-/m1/s1. The number of ether oxygens (including phenoxy) is 1. The van der Waals surface area contributed by atoms with Crippen LogP contribution in [0.3, 0.4) is 0 Å². The van der Waals surface area contributed by atoms with Crippen LogP contribution >= 0.6 is 27.7 Å². The number of phenolic OH excluding ortho intramolecular Hbond substituents is 1. The first-order chi connectivity index (χ1) is 14.6. The van der Waals surface area contributed by atoms with Crippen LogP contribution in [-0.4, -0.2) is 26.0 Å². The molecule has 1 atom stereocenters. The average Bonchev–Trinajstić information content (AvgIpc) is 2.90. The second-order valence-corrected chi connectivity index (χ2v) is 9.06. The molecule has 0 aliphatic carbocycles. The monoisotopic (exact) mass is 486 g/mol. The summed E-state index contributed by atoms with van der Waals surface area (Å²) < 4.78 is 7.17. The smallest absolute Gasteiger partial charge is 0.247 e. The SMILES string of the molecule is CCCCCCSc1nnc2c(n1)O[C@H](c1cccc(O)c1)Nc1ccc(Br)cc1-2. The van der Waals surface area contributed by atoms with Crippen molar-refractivity contribution < 1.29 is 9.84 Å². The second-order valence-electron chi connectivity index (χ2n) is 7.08. The summed E-state index contributed by atoms with van der Waals surface area (Å²) in [7, 11) is 0. The highest BCUT2D eigenvalue weighted by atomic mass is 79.9. The Kier molecular flexibility index (Phi) is 6.74. The lowest BCUT2D eigenvalue weighted by molar-refractivity contribution is 0.225. The predicted molar refractivity (Wildman–Crippen MR) is 123 cm³/mol. The Hall–Kier alpha value is -2.32. The van der Waals surface area contributed by atoms with Crippen LogP contribution < -0.4 is 10.1 Å². The van der Waals surface area contributed by atoms with E-state index in [9.17, 15) is 5.11 Å². The second kappa shape index (κ2) is 9.66. The summed E-state index contributed by atoms with van der Waals surface area (Å²) in [5.41, 5.74) is 3.11. The number of hydrogen-bond donors (Lipinski definition) is 2. The van der Waals surface area contributed by atoms with Gasteiger partial charge in [-0.05, 0) is 36.8 Å². The topological polar surface area (TPSA) is 80.2 Å². The number of thioether (sulfide) groups is 1. The van der Waals surface area contributed by atoms with E-state index in [2.05, 4.69) is 43.4 Å². The fraction of sp³-hybridized carbons (Fsp3) is 0.318. The zero-order valence-electron chi connectivity index (χ0n) is 16.6. The van der Waals surface area contributed by atoms with Crippen LogP contribution in [0.1, 0.15) is 44.4 Å². The number of fused-ring (bicyclic) bond motifs is 3. The molecule has 156 valence electrons. The van der Waals surface area contributed by atoms with Crippen molar-refractivity contribution in [3.63, 3.8) is 0 Å². The summed E-state index contributed by atoms with van der Waals surface area (Å²) in [6.45, 7) is 2.21. The van der Waals surface area contributed by atoms with Gasteiger partial charge in [0.25, 0.3) is 0 Å². The predicted octanol–water partition coefficient (Wildman–Crippen LogP) is 6.18. The highest BCUT2D eigenvalue weighted by Gasteiger charge is 2.26. The molecular weight excluding hydrogens is 464 g/mol. The third-order valence-corrected chi connectivity index (χ3v) is 6.21. The van der Waals surface area contributed by atoms with Gasteiger partial charge in [0.05, 0.1) is 0 Å². The molecule has 2 N–H and O–H groups in total. The van der Waals surface area contributed by atoms with Crippen molar-refractivity contribution in [1.82, 2.24) is 15.2 Å². The van der Waals surface area contributed by atoms with E-state index < -0.39 is 6.23 Å². The maximum atomic E-state index is 9.91. The van der Waals surface area contributed by atoms with E-state index in [-0.39, 0.29) is 5.75 Å². The Morgan fingerprint density at radius 3 is 2.87 bits per heavy atom. The molecule has 0 spiro atoms. The van der Waals surface area contributed by atoms with Gasteiger partial charge in [0.15, 0.2) is 11.9 Å². The number of hydrogen-bond acceptors (Lipinski definition) is 7. The van der Waals surface area contributed by atoms with Crippen molar-refractivity contribution in [2.24, 2.45) is 0 Å². The maximum absolute atomic E-state index is 9.91. The van der Waals surface area contributed by atoms with Crippen molar-refractivity contribution in [3.8, 4) is 22.9 Å². The fourth-order valence-electron chi connectivity index (χ4n) is 3.26. The molecule has 2 aromatic carbocycles. The highest BCUT2D eigenvalue weighted by Crippen LogP contribution is 2.41. The van der Waals surface area contributed by atoms with Gasteiger partial charge in [-0.1, -0.05) is 66.0 Å². The first kappa shape index (κ1) is 20.9. The number of unbranched alkanes of at least 4 members (excludes halogenated alkanes) is 3. The fourth-order valence-corrected chi connectivity index (χ4v) is 4.40. The molecule has 4 rings (SSSR count). The van der Waals surface area contributed by atoms with Gasteiger partial charge in [0.2, 0.25) is 11.0 Å². The maximum Gasteiger partial charge on any atom is 0.247 e. The number of aromatic nitrogens is 3. The first-order valence-corrected chi connectivity index (χ1v) is 11.8. The minimum atomic E-state index is -0.516. The molecule has 0 saturated heterocycles. The van der Waals surface area contributed by atoms with Crippen molar-refractivity contribution in [2.75, 3.05) is 11.1 Å². The molecule has 8 heteroatoms. The first-order valence-electron chi connectivity index (χ1n) is 10.0. The zero-order chi connectivity index (χ0) is 20.9. The molecule has 0 amide bonds. The lowest BCUT2D eigenvalue weighted by Crippen LogP contribution is -2.17. The van der Waals surface area contributed by atoms with Gasteiger partial charge in [0.1, 0.15) is 5.75 Å². The number of rotatable bonds is 7. The van der Waals surface area contributed by atoms with E-state index in [1.807, 2.05) is 24.3 Å². The van der Waals surface area contributed by atoms with Gasteiger partial charge < -0.3 is 15.2 Å². The van der Waals surface area contributed by atoms with Crippen LogP contribution in [0.25, 0.3) is 11.3 Å². The molecule has 1 aromatic heterocycles. The van der Waals surface area contributed by atoms with Crippen LogP contribution in [0.2, 0.25) is 0 Å². The summed E-state index contributed by atoms with van der Waals surface area (Å²) in [5, 5.41) is 22.7. The molecule has 30 heavy (non-hydrogen) atoms. The number of nitrogens with one attached hydrogen (secondary N) is 1. The van der Waals surface area contributed by atoms with E-state index in [1.165, 1.54) is 19.3 Å². The minimum absolute atomic E-state index is 0.183. The van der Waals surface area contributed by atoms with Crippen molar-refractivity contribution in [1.29, 1.82) is 0 Å². The average molecular weight is 487 g/mol. The summed E-state index contributed by atoms with van der Waals surface area (Å²) in [6.07, 6.45) is 4.29. The van der Waals surface area contributed by atoms with Gasteiger partial charge >= 0.3 is 0 Å². The van der Waals surface area contributed by atoms with Crippen LogP contribution in [-0.2, 0) is 0 Å². The zero-order valence-corrected chi connectivity index (χ0v) is 19.0. The molecule has 0 unspecified atom stereocenters. The Labute approximate surface area is 188 Å². The number of halogens is 1. The lowest BCUT2D eigenvalue weighted by atomic mass is 10.1. The molecule has 1 aliphatic rings. The van der Waals surface area contributed by atoms with Gasteiger partial charge in [-0.15, -0.1) is 10.2 Å². The van der Waals surface area contributed by atoms with Crippen LogP contribution in [0.15, 0.2) is 52.1 Å².